The van der Waals surface area contributed by atoms with E-state index in [4.69, 9.17) is 4.74 Å². The number of hydrogen-bond acceptors (Lipinski definition) is 4. The van der Waals surface area contributed by atoms with E-state index in [2.05, 4.69) is 52.7 Å². The summed E-state index contributed by atoms with van der Waals surface area (Å²) >= 11 is 0. The van der Waals surface area contributed by atoms with Crippen molar-refractivity contribution in [3.63, 3.8) is 0 Å². The van der Waals surface area contributed by atoms with Crippen molar-refractivity contribution >= 4 is 5.69 Å². The Balaban J connectivity index is 1.37. The molecule has 1 spiro atoms. The number of ether oxygens (including phenoxy) is 1. The summed E-state index contributed by atoms with van der Waals surface area (Å²) in [5, 5.41) is 7.95. The topological polar surface area (TPSA) is 42.3 Å². The lowest BCUT2D eigenvalue weighted by molar-refractivity contribution is -0.0533. The molecule has 0 bridgehead atoms. The van der Waals surface area contributed by atoms with Gasteiger partial charge in [-0.15, -0.1) is 0 Å². The van der Waals surface area contributed by atoms with Gasteiger partial charge >= 0.3 is 0 Å². The maximum Gasteiger partial charge on any atom is 0.0830 e. The van der Waals surface area contributed by atoms with Gasteiger partial charge < -0.3 is 10.1 Å². The zero-order valence-corrected chi connectivity index (χ0v) is 15.2. The first-order valence-electron chi connectivity index (χ1n) is 9.27. The number of nitrogens with zero attached hydrogens (tertiary/aromatic N) is 3. The molecule has 1 aromatic heterocycles. The predicted molar refractivity (Wildman–Crippen MR) is 99.6 cm³/mol. The van der Waals surface area contributed by atoms with Gasteiger partial charge in [-0.1, -0.05) is 12.1 Å². The zero-order valence-electron chi connectivity index (χ0n) is 15.2. The molecule has 0 radical (unpaired) electrons. The average molecular weight is 340 g/mol. The van der Waals surface area contributed by atoms with Crippen molar-refractivity contribution in [1.82, 2.24) is 14.7 Å². The fourth-order valence-electron chi connectivity index (χ4n) is 4.33. The number of aromatic nitrogens is 2. The van der Waals surface area contributed by atoms with Crippen LogP contribution in [0.2, 0.25) is 0 Å². The third kappa shape index (κ3) is 3.88. The van der Waals surface area contributed by atoms with Crippen molar-refractivity contribution in [2.24, 2.45) is 7.05 Å². The summed E-state index contributed by atoms with van der Waals surface area (Å²) in [7, 11) is 1.98. The molecule has 2 aliphatic rings. The SMILES string of the molecule is Cc1cccc(N[C@H]2CO[C@]3(CCCN(Cc4cnn(C)c4)C3)C2)c1. The van der Waals surface area contributed by atoms with Crippen LogP contribution in [0.1, 0.15) is 30.4 Å². The molecule has 2 saturated heterocycles. The number of likely N-dealkylation sites (tertiary alicyclic amines) is 1. The van der Waals surface area contributed by atoms with Crippen molar-refractivity contribution in [2.45, 2.75) is 44.4 Å². The van der Waals surface area contributed by atoms with E-state index in [1.165, 1.54) is 29.7 Å². The van der Waals surface area contributed by atoms with Gasteiger partial charge in [0.2, 0.25) is 0 Å². The van der Waals surface area contributed by atoms with E-state index in [0.29, 0.717) is 6.04 Å². The number of benzene rings is 1. The number of hydrogen-bond donors (Lipinski definition) is 1. The van der Waals surface area contributed by atoms with Crippen molar-refractivity contribution in [3.05, 3.63) is 47.8 Å². The number of anilines is 1. The second-order valence-electron chi connectivity index (χ2n) is 7.75. The van der Waals surface area contributed by atoms with Crippen LogP contribution in [0.5, 0.6) is 0 Å². The van der Waals surface area contributed by atoms with Crippen LogP contribution in [0.15, 0.2) is 36.7 Å². The van der Waals surface area contributed by atoms with Gasteiger partial charge in [-0.2, -0.15) is 5.10 Å². The van der Waals surface area contributed by atoms with Crippen LogP contribution in [0.25, 0.3) is 0 Å². The number of aryl methyl sites for hydroxylation is 2. The summed E-state index contributed by atoms with van der Waals surface area (Å²) in [6, 6.07) is 9.00. The molecule has 2 aliphatic heterocycles. The molecular formula is C20H28N4O. The molecule has 0 aliphatic carbocycles. The summed E-state index contributed by atoms with van der Waals surface area (Å²) < 4.78 is 8.22. The third-order valence-electron chi connectivity index (χ3n) is 5.38. The minimum Gasteiger partial charge on any atom is -0.380 e. The maximum absolute atomic E-state index is 6.34. The van der Waals surface area contributed by atoms with Gasteiger partial charge in [0.15, 0.2) is 0 Å². The highest BCUT2D eigenvalue weighted by molar-refractivity contribution is 5.46. The van der Waals surface area contributed by atoms with E-state index in [9.17, 15) is 0 Å². The Hall–Kier alpha value is -1.85. The first kappa shape index (κ1) is 16.6. The Morgan fingerprint density at radius 2 is 2.32 bits per heavy atom. The van der Waals surface area contributed by atoms with E-state index in [-0.39, 0.29) is 5.60 Å². The van der Waals surface area contributed by atoms with Crippen LogP contribution >= 0.6 is 0 Å². The molecule has 25 heavy (non-hydrogen) atoms. The summed E-state index contributed by atoms with van der Waals surface area (Å²) in [5.41, 5.74) is 3.79. The molecule has 134 valence electrons. The molecule has 3 heterocycles. The van der Waals surface area contributed by atoms with Crippen LogP contribution in [-0.2, 0) is 18.3 Å². The fourth-order valence-corrected chi connectivity index (χ4v) is 4.33. The van der Waals surface area contributed by atoms with Gasteiger partial charge in [-0.05, 0) is 50.4 Å². The smallest absolute Gasteiger partial charge is 0.0830 e. The fraction of sp³-hybridized carbons (Fsp3) is 0.550. The van der Waals surface area contributed by atoms with Gasteiger partial charge in [0.1, 0.15) is 0 Å². The average Bonchev–Trinajstić information content (AvgIpc) is 3.14. The van der Waals surface area contributed by atoms with Crippen LogP contribution in [-0.4, -0.2) is 46.0 Å². The van der Waals surface area contributed by atoms with E-state index in [1.807, 2.05) is 17.9 Å². The van der Waals surface area contributed by atoms with Crippen LogP contribution in [0, 0.1) is 6.92 Å². The Kier molecular flexibility index (Phi) is 4.52. The van der Waals surface area contributed by atoms with Crippen LogP contribution < -0.4 is 5.32 Å². The molecule has 4 rings (SSSR count). The monoisotopic (exact) mass is 340 g/mol. The molecule has 2 fully saturated rings. The molecule has 5 heteroatoms. The van der Waals surface area contributed by atoms with Gasteiger partial charge in [0, 0.05) is 37.6 Å². The van der Waals surface area contributed by atoms with Crippen molar-refractivity contribution in [2.75, 3.05) is 25.0 Å². The highest BCUT2D eigenvalue weighted by atomic mass is 16.5. The van der Waals surface area contributed by atoms with Gasteiger partial charge in [0.25, 0.3) is 0 Å². The first-order valence-corrected chi connectivity index (χ1v) is 9.27. The Morgan fingerprint density at radius 1 is 1.40 bits per heavy atom. The molecule has 1 aromatic carbocycles. The quantitative estimate of drug-likeness (QED) is 0.929. The Labute approximate surface area is 150 Å². The first-order chi connectivity index (χ1) is 12.1. The normalized spacial score (nSPS) is 27.0. The molecule has 1 N–H and O–H groups in total. The molecule has 5 nitrogen and oxygen atoms in total. The standard InChI is InChI=1S/C20H28N4O/c1-16-5-3-6-18(9-16)22-19-10-20(25-14-19)7-4-8-24(15-20)13-17-11-21-23(2)12-17/h3,5-6,9,11-12,19,22H,4,7-8,10,13-15H2,1-2H3/t19-,20-/m1/s1. The predicted octanol–water partition coefficient (Wildman–Crippen LogP) is 2.96. The Bertz CT molecular complexity index is 728. The number of rotatable bonds is 4. The summed E-state index contributed by atoms with van der Waals surface area (Å²) in [4.78, 5) is 2.52. The Morgan fingerprint density at radius 3 is 3.12 bits per heavy atom. The maximum atomic E-state index is 6.34. The van der Waals surface area contributed by atoms with Crippen LogP contribution in [0.3, 0.4) is 0 Å². The molecular weight excluding hydrogens is 312 g/mol. The highest BCUT2D eigenvalue weighted by Gasteiger charge is 2.43. The van der Waals surface area contributed by atoms with Crippen molar-refractivity contribution < 1.29 is 4.74 Å². The lowest BCUT2D eigenvalue weighted by Gasteiger charge is -2.39. The highest BCUT2D eigenvalue weighted by Crippen LogP contribution is 2.36. The van der Waals surface area contributed by atoms with Gasteiger partial charge in [-0.25, -0.2) is 0 Å². The van der Waals surface area contributed by atoms with Gasteiger partial charge in [-0.3, -0.25) is 9.58 Å². The second-order valence-corrected chi connectivity index (χ2v) is 7.75. The number of piperidine rings is 1. The molecule has 2 atom stereocenters. The lowest BCUT2D eigenvalue weighted by Crippen LogP contribution is -2.47. The number of nitrogens with one attached hydrogen (secondary N) is 1. The van der Waals surface area contributed by atoms with Crippen molar-refractivity contribution in [1.29, 1.82) is 0 Å². The molecule has 0 unspecified atom stereocenters. The van der Waals surface area contributed by atoms with E-state index >= 15 is 0 Å². The molecule has 0 amide bonds. The summed E-state index contributed by atoms with van der Waals surface area (Å²) in [6.07, 6.45) is 7.54. The summed E-state index contributed by atoms with van der Waals surface area (Å²) in [5.74, 6) is 0. The van der Waals surface area contributed by atoms with Crippen LogP contribution in [0.4, 0.5) is 5.69 Å². The lowest BCUT2D eigenvalue weighted by atomic mass is 9.88. The summed E-state index contributed by atoms with van der Waals surface area (Å²) in [6.45, 7) is 6.07. The minimum atomic E-state index is 0.0158. The van der Waals surface area contributed by atoms with Gasteiger partial charge in [0.05, 0.1) is 24.4 Å². The minimum absolute atomic E-state index is 0.0158. The third-order valence-corrected chi connectivity index (χ3v) is 5.38. The largest absolute Gasteiger partial charge is 0.380 e. The second kappa shape index (κ2) is 6.81. The van der Waals surface area contributed by atoms with E-state index < -0.39 is 0 Å². The van der Waals surface area contributed by atoms with E-state index in [1.54, 1.807) is 0 Å². The molecule has 2 aromatic rings. The molecule has 0 saturated carbocycles. The van der Waals surface area contributed by atoms with Crippen molar-refractivity contribution in [3.8, 4) is 0 Å². The van der Waals surface area contributed by atoms with E-state index in [0.717, 1.165) is 32.7 Å². The zero-order chi connectivity index (χ0) is 17.3.